The molecule has 0 aromatic heterocycles. The predicted molar refractivity (Wildman–Crippen MR) is 89.6 cm³/mol. The summed E-state index contributed by atoms with van der Waals surface area (Å²) in [5.41, 5.74) is 0. The molecule has 0 spiro atoms. The molecule has 0 radical (unpaired) electrons. The highest BCUT2D eigenvalue weighted by Gasteiger charge is 2.24. The van der Waals surface area contributed by atoms with Gasteiger partial charge in [0.05, 0.1) is 5.03 Å². The van der Waals surface area contributed by atoms with Gasteiger partial charge in [0, 0.05) is 18.5 Å². The lowest BCUT2D eigenvalue weighted by Crippen LogP contribution is -2.52. The molecule has 7 nitrogen and oxygen atoms in total. The molecule has 0 aliphatic carbocycles. The summed E-state index contributed by atoms with van der Waals surface area (Å²) < 4.78 is 0. The normalized spacial score (nSPS) is 24.2. The molecule has 2 heterocycles. The lowest BCUT2D eigenvalue weighted by Gasteiger charge is -2.42. The molecule has 22 heavy (non-hydrogen) atoms. The second kappa shape index (κ2) is 8.80. The van der Waals surface area contributed by atoms with E-state index in [-0.39, 0.29) is 5.75 Å². The summed E-state index contributed by atoms with van der Waals surface area (Å²) in [7, 11) is 2.56. The fourth-order valence-electron chi connectivity index (χ4n) is 2.21. The fraction of sp³-hybridized carbons (Fsp3) is 0.615. The second-order valence-corrected chi connectivity index (χ2v) is 7.43. The van der Waals surface area contributed by atoms with Gasteiger partial charge in [0.25, 0.3) is 0 Å². The monoisotopic (exact) mass is 345 g/mol. The van der Waals surface area contributed by atoms with Crippen LogP contribution in [0.25, 0.3) is 0 Å². The van der Waals surface area contributed by atoms with Crippen LogP contribution >= 0.6 is 21.6 Å². The van der Waals surface area contributed by atoms with Crippen LogP contribution in [0.3, 0.4) is 0 Å². The third-order valence-electron chi connectivity index (χ3n) is 3.42. The summed E-state index contributed by atoms with van der Waals surface area (Å²) in [6.07, 6.45) is 7.28. The zero-order valence-corrected chi connectivity index (χ0v) is 13.6. The number of hydrogen-bond acceptors (Lipinski definition) is 8. The molecule has 0 amide bonds. The van der Waals surface area contributed by atoms with Gasteiger partial charge < -0.3 is 25.6 Å². The lowest BCUT2D eigenvalue weighted by molar-refractivity contribution is -0.139. The topological polar surface area (TPSA) is 102 Å². The summed E-state index contributed by atoms with van der Waals surface area (Å²) in [5.74, 6) is -0.706. The zero-order chi connectivity index (χ0) is 15.9. The molecule has 9 heteroatoms. The Balaban J connectivity index is 1.80. The van der Waals surface area contributed by atoms with Gasteiger partial charge in [0.2, 0.25) is 0 Å². The standard InChI is InChI=1S/C13H19N3O4S2/c17-13(18)10(14-11-5-1-3-7-15(11)19)9-21-22-12-6-2-4-8-16(12)20/h2,4,6,10-11,14H,1,3,5,7-9H2,(H,17,18)/q-2. The van der Waals surface area contributed by atoms with Crippen LogP contribution in [0.5, 0.6) is 0 Å². The Morgan fingerprint density at radius 1 is 1.50 bits per heavy atom. The van der Waals surface area contributed by atoms with Crippen molar-refractivity contribution in [2.75, 3.05) is 18.8 Å². The summed E-state index contributed by atoms with van der Waals surface area (Å²) in [6, 6.07) is -0.808. The van der Waals surface area contributed by atoms with Gasteiger partial charge in [-0.25, -0.2) is 0 Å². The summed E-state index contributed by atoms with van der Waals surface area (Å²) in [5, 5.41) is 37.8. The summed E-state index contributed by atoms with van der Waals surface area (Å²) in [4.78, 5) is 11.3. The molecule has 2 atom stereocenters. The van der Waals surface area contributed by atoms with Gasteiger partial charge in [-0.05, 0) is 42.7 Å². The first-order valence-corrected chi connectivity index (χ1v) is 9.43. The Labute approximate surface area is 137 Å². The quantitative estimate of drug-likeness (QED) is 0.670. The smallest absolute Gasteiger partial charge is 0.321 e. The molecule has 1 fully saturated rings. The van der Waals surface area contributed by atoms with Crippen LogP contribution in [0.15, 0.2) is 23.3 Å². The van der Waals surface area contributed by atoms with Crippen molar-refractivity contribution in [3.8, 4) is 0 Å². The van der Waals surface area contributed by atoms with Crippen molar-refractivity contribution in [3.63, 3.8) is 0 Å². The number of hydroxylamine groups is 4. The Morgan fingerprint density at radius 3 is 3.00 bits per heavy atom. The van der Waals surface area contributed by atoms with Crippen LogP contribution in [0.2, 0.25) is 0 Å². The Morgan fingerprint density at radius 2 is 2.32 bits per heavy atom. The number of nitrogens with zero attached hydrogens (tertiary/aromatic N) is 2. The SMILES string of the molecule is O=C(O)C(CSSC1=CC=CCN1[O-])NC1CCCCN1[O-]. The minimum Gasteiger partial charge on any atom is -0.784 e. The molecule has 0 aromatic rings. The molecule has 2 unspecified atom stereocenters. The van der Waals surface area contributed by atoms with Crippen LogP contribution in [-0.4, -0.2) is 52.3 Å². The highest BCUT2D eigenvalue weighted by atomic mass is 33.1. The van der Waals surface area contributed by atoms with Crippen molar-refractivity contribution >= 4 is 27.6 Å². The highest BCUT2D eigenvalue weighted by Crippen LogP contribution is 2.33. The minimum atomic E-state index is -0.983. The molecule has 0 saturated carbocycles. The van der Waals surface area contributed by atoms with Gasteiger partial charge in [-0.3, -0.25) is 10.1 Å². The number of allylic oxidation sites excluding steroid dienone is 2. The Bertz CT molecular complexity index is 447. The molecule has 0 aromatic carbocycles. The number of carboxylic acid groups (broad SMARTS) is 1. The third kappa shape index (κ3) is 5.18. The predicted octanol–water partition coefficient (Wildman–Crippen LogP) is 1.93. The van der Waals surface area contributed by atoms with E-state index in [0.29, 0.717) is 24.5 Å². The van der Waals surface area contributed by atoms with E-state index < -0.39 is 18.2 Å². The van der Waals surface area contributed by atoms with E-state index in [9.17, 15) is 20.3 Å². The van der Waals surface area contributed by atoms with Crippen molar-refractivity contribution in [3.05, 3.63) is 33.7 Å². The second-order valence-electron chi connectivity index (χ2n) is 5.07. The van der Waals surface area contributed by atoms with Crippen LogP contribution in [0.4, 0.5) is 0 Å². The molecule has 2 aliphatic heterocycles. The van der Waals surface area contributed by atoms with Crippen LogP contribution < -0.4 is 5.32 Å². The molecule has 2 N–H and O–H groups in total. The number of nitrogens with one attached hydrogen (secondary N) is 1. The largest absolute Gasteiger partial charge is 0.784 e. The summed E-state index contributed by atoms with van der Waals surface area (Å²) in [6.45, 7) is 0.753. The van der Waals surface area contributed by atoms with E-state index >= 15 is 0 Å². The number of carbonyl (C=O) groups is 1. The molecular formula is C13H19N3O4S2-2. The lowest BCUT2D eigenvalue weighted by atomic mass is 10.1. The van der Waals surface area contributed by atoms with Gasteiger partial charge in [-0.2, -0.15) is 0 Å². The average molecular weight is 345 g/mol. The van der Waals surface area contributed by atoms with E-state index in [1.807, 2.05) is 6.08 Å². The molecule has 124 valence electrons. The van der Waals surface area contributed by atoms with E-state index in [1.165, 1.54) is 21.6 Å². The maximum absolute atomic E-state index is 11.7. The number of carboxylic acids is 1. The van der Waals surface area contributed by atoms with Crippen LogP contribution in [0.1, 0.15) is 19.3 Å². The average Bonchev–Trinajstić information content (AvgIpc) is 2.50. The minimum absolute atomic E-state index is 0.277. The summed E-state index contributed by atoms with van der Waals surface area (Å²) >= 11 is 0. The van der Waals surface area contributed by atoms with E-state index in [0.717, 1.165) is 23.0 Å². The number of hydrogen-bond donors (Lipinski definition) is 2. The number of aliphatic carboxylic acids is 1. The van der Waals surface area contributed by atoms with Crippen molar-refractivity contribution in [2.45, 2.75) is 31.5 Å². The van der Waals surface area contributed by atoms with Gasteiger partial charge >= 0.3 is 5.97 Å². The first-order chi connectivity index (χ1) is 10.6. The molecule has 0 bridgehead atoms. The zero-order valence-electron chi connectivity index (χ0n) is 12.0. The van der Waals surface area contributed by atoms with Gasteiger partial charge in [0.1, 0.15) is 6.04 Å². The van der Waals surface area contributed by atoms with Crippen LogP contribution in [-0.2, 0) is 4.79 Å². The highest BCUT2D eigenvalue weighted by molar-refractivity contribution is 8.78. The van der Waals surface area contributed by atoms with Crippen molar-refractivity contribution in [1.82, 2.24) is 15.4 Å². The van der Waals surface area contributed by atoms with Crippen LogP contribution in [0, 0.1) is 10.4 Å². The van der Waals surface area contributed by atoms with Gasteiger partial charge in [-0.1, -0.05) is 22.9 Å². The molecule has 2 aliphatic rings. The molecule has 2 rings (SSSR count). The van der Waals surface area contributed by atoms with E-state index in [1.54, 1.807) is 12.2 Å². The van der Waals surface area contributed by atoms with Crippen molar-refractivity contribution in [1.29, 1.82) is 0 Å². The maximum Gasteiger partial charge on any atom is 0.321 e. The van der Waals surface area contributed by atoms with Crippen molar-refractivity contribution in [2.24, 2.45) is 0 Å². The number of piperidine rings is 1. The van der Waals surface area contributed by atoms with E-state index in [2.05, 4.69) is 5.32 Å². The first kappa shape index (κ1) is 17.6. The Kier molecular flexibility index (Phi) is 7.06. The third-order valence-corrected chi connectivity index (χ3v) is 5.79. The van der Waals surface area contributed by atoms with Gasteiger partial charge in [0.15, 0.2) is 0 Å². The fourth-order valence-corrected chi connectivity index (χ4v) is 4.45. The van der Waals surface area contributed by atoms with Crippen molar-refractivity contribution < 1.29 is 9.90 Å². The Hall–Kier alpha value is -0.710. The molecular weight excluding hydrogens is 326 g/mol. The van der Waals surface area contributed by atoms with E-state index in [4.69, 9.17) is 0 Å². The van der Waals surface area contributed by atoms with Gasteiger partial charge in [-0.15, -0.1) is 0 Å². The molecule has 1 saturated heterocycles. The maximum atomic E-state index is 11.7. The first-order valence-electron chi connectivity index (χ1n) is 7.11. The number of rotatable bonds is 7.